The Morgan fingerprint density at radius 1 is 0.508 bits per heavy atom. The molecule has 5 aromatic carbocycles. The number of benzene rings is 5. The van der Waals surface area contributed by atoms with Crippen molar-refractivity contribution < 1.29 is 14.3 Å². The van der Waals surface area contributed by atoms with Crippen LogP contribution < -0.4 is 14.8 Å². The molecule has 1 amide bonds. The molecule has 0 bridgehead atoms. The van der Waals surface area contributed by atoms with Crippen molar-refractivity contribution in [2.45, 2.75) is 86.6 Å². The van der Waals surface area contributed by atoms with Crippen LogP contribution in [0, 0.1) is 0 Å². The van der Waals surface area contributed by atoms with E-state index in [2.05, 4.69) is 110 Å². The normalized spacial score (nSPS) is 11.0. The summed E-state index contributed by atoms with van der Waals surface area (Å²) < 4.78 is 11.7. The van der Waals surface area contributed by atoms with Crippen LogP contribution >= 0.6 is 0 Å². The molecule has 0 radical (unpaired) electrons. The molecule has 0 saturated carbocycles. The summed E-state index contributed by atoms with van der Waals surface area (Å²) in [4.78, 5) is 20.3. The van der Waals surface area contributed by atoms with Crippen LogP contribution in [0.1, 0.15) is 92.1 Å². The van der Waals surface area contributed by atoms with Crippen molar-refractivity contribution >= 4 is 5.91 Å². The number of hydrogen-bond donors (Lipinski definition) is 1. The van der Waals surface area contributed by atoms with Gasteiger partial charge in [0.15, 0.2) is 0 Å². The van der Waals surface area contributed by atoms with Crippen molar-refractivity contribution in [3.63, 3.8) is 0 Å². The van der Waals surface area contributed by atoms with Gasteiger partial charge in [-0.2, -0.15) is 0 Å². The quantitative estimate of drug-likeness (QED) is 0.0594. The van der Waals surface area contributed by atoms with E-state index in [1.165, 1.54) is 36.0 Å². The van der Waals surface area contributed by atoms with Crippen molar-refractivity contribution in [1.29, 1.82) is 0 Å². The topological polar surface area (TPSA) is 57.3 Å². The highest BCUT2D eigenvalue weighted by atomic mass is 16.5. The van der Waals surface area contributed by atoms with Crippen molar-refractivity contribution in [2.24, 2.45) is 0 Å². The zero-order valence-corrected chi connectivity index (χ0v) is 36.6. The van der Waals surface area contributed by atoms with Gasteiger partial charge >= 0.3 is 0 Å². The summed E-state index contributed by atoms with van der Waals surface area (Å²) in [5, 5.41) is 3.50. The van der Waals surface area contributed by atoms with E-state index >= 15 is 0 Å². The molecule has 0 aliphatic heterocycles. The molecule has 0 atom stereocenters. The number of likely N-dealkylation sites (N-methyl/N-ethyl adjacent to an activating group) is 2. The van der Waals surface area contributed by atoms with E-state index in [9.17, 15) is 4.79 Å². The largest absolute Gasteiger partial charge is 0.489 e. The molecule has 7 nitrogen and oxygen atoms in total. The van der Waals surface area contributed by atoms with Gasteiger partial charge in [-0.15, -0.1) is 0 Å². The number of hydrogen-bond acceptors (Lipinski definition) is 6. The number of nitrogens with one attached hydrogen (secondary N) is 1. The van der Waals surface area contributed by atoms with Crippen LogP contribution in [0.5, 0.6) is 11.5 Å². The maximum atomic E-state index is 13.5. The molecule has 0 saturated heterocycles. The van der Waals surface area contributed by atoms with E-state index in [1.807, 2.05) is 77.7 Å². The highest BCUT2D eigenvalue weighted by Gasteiger charge is 2.17. The van der Waals surface area contributed by atoms with Crippen LogP contribution in [0.2, 0.25) is 0 Å². The Morgan fingerprint density at radius 2 is 1.00 bits per heavy atom. The van der Waals surface area contributed by atoms with E-state index in [4.69, 9.17) is 9.47 Å². The second kappa shape index (κ2) is 27.7. The van der Waals surface area contributed by atoms with E-state index in [1.54, 1.807) is 0 Å². The molecule has 1 N–H and O–H groups in total. The summed E-state index contributed by atoms with van der Waals surface area (Å²) in [5.41, 5.74) is 6.79. The molecule has 0 spiro atoms. The monoisotopic (exact) mass is 799 g/mol. The van der Waals surface area contributed by atoms with Gasteiger partial charge < -0.3 is 29.5 Å². The molecule has 5 rings (SSSR count). The lowest BCUT2D eigenvalue weighted by Crippen LogP contribution is -2.38. The predicted molar refractivity (Wildman–Crippen MR) is 246 cm³/mol. The maximum Gasteiger partial charge on any atom is 0.254 e. The fourth-order valence-electron chi connectivity index (χ4n) is 6.74. The maximum absolute atomic E-state index is 13.5. The molecule has 0 aliphatic rings. The van der Waals surface area contributed by atoms with Gasteiger partial charge in [0.2, 0.25) is 0 Å². The Balaban J connectivity index is 0.000000288. The third-order valence-corrected chi connectivity index (χ3v) is 10.7. The van der Waals surface area contributed by atoms with Gasteiger partial charge in [-0.3, -0.25) is 4.79 Å². The highest BCUT2D eigenvalue weighted by Crippen LogP contribution is 2.18. The Kier molecular flexibility index (Phi) is 21.9. The van der Waals surface area contributed by atoms with Gasteiger partial charge in [-0.25, -0.2) is 0 Å². The van der Waals surface area contributed by atoms with Crippen LogP contribution in [0.15, 0.2) is 133 Å². The summed E-state index contributed by atoms with van der Waals surface area (Å²) >= 11 is 0. The average Bonchev–Trinajstić information content (AvgIpc) is 3.29. The molecule has 0 aliphatic carbocycles. The van der Waals surface area contributed by atoms with Crippen LogP contribution in [0.3, 0.4) is 0 Å². The zero-order valence-electron chi connectivity index (χ0n) is 36.6. The Morgan fingerprint density at radius 3 is 1.51 bits per heavy atom. The number of carbonyl (C=O) groups is 1. The first kappa shape index (κ1) is 46.7. The van der Waals surface area contributed by atoms with Gasteiger partial charge in [-0.05, 0) is 103 Å². The standard InChI is InChI=1S/C32H42N2O2.C20H28N2O/c1-4-7-9-12-27-15-19-30(20-16-27)32(35)34(24-23-33(5-2)6-3)25-28-17-21-31(22-18-28)36-26-29-13-10-8-11-14-29;1-3-22(4-2)15-14-21-16-18-10-12-20(13-11-18)23-17-19-8-6-5-7-9-19/h8,10-11,13-22H,4-7,9,12,23-26H2,1-3H3;5-13,21H,3-4,14-17H2,1-2H3. The first-order valence-corrected chi connectivity index (χ1v) is 22.0. The summed E-state index contributed by atoms with van der Waals surface area (Å²) in [7, 11) is 0. The first-order valence-electron chi connectivity index (χ1n) is 22.0. The van der Waals surface area contributed by atoms with Crippen LogP contribution in [0.4, 0.5) is 0 Å². The molecule has 0 heterocycles. The third-order valence-electron chi connectivity index (χ3n) is 10.7. The van der Waals surface area contributed by atoms with Crippen molar-refractivity contribution in [3.05, 3.63) is 167 Å². The number of carbonyl (C=O) groups excluding carboxylic acids is 1. The van der Waals surface area contributed by atoms with Crippen LogP contribution in [-0.4, -0.2) is 73.0 Å². The fourth-order valence-corrected chi connectivity index (χ4v) is 6.74. The van der Waals surface area contributed by atoms with Gasteiger partial charge in [-0.1, -0.05) is 145 Å². The SMILES string of the molecule is CCCCCc1ccc(C(=O)N(CCN(CC)CC)Cc2ccc(OCc3ccccc3)cc2)cc1.CCN(CC)CCNCc1ccc(OCc2ccccc2)cc1. The Bertz CT molecular complexity index is 1810. The third kappa shape index (κ3) is 17.8. The predicted octanol–water partition coefficient (Wildman–Crippen LogP) is 10.7. The van der Waals surface area contributed by atoms with Gasteiger partial charge in [0.1, 0.15) is 24.7 Å². The van der Waals surface area contributed by atoms with Crippen LogP contribution in [-0.2, 0) is 32.7 Å². The fraction of sp³-hybridized carbons (Fsp3) is 0.404. The highest BCUT2D eigenvalue weighted by molar-refractivity contribution is 5.94. The lowest BCUT2D eigenvalue weighted by atomic mass is 10.0. The summed E-state index contributed by atoms with van der Waals surface area (Å²) in [6, 6.07) is 45.1. The number of amides is 1. The lowest BCUT2D eigenvalue weighted by Gasteiger charge is -2.27. The van der Waals surface area contributed by atoms with E-state index in [-0.39, 0.29) is 5.91 Å². The summed E-state index contributed by atoms with van der Waals surface area (Å²) in [6.45, 7) is 21.5. The number of ether oxygens (including phenoxy) is 2. The number of rotatable bonds is 25. The molecule has 0 fully saturated rings. The molecule has 0 unspecified atom stereocenters. The minimum atomic E-state index is 0.0895. The van der Waals surface area contributed by atoms with E-state index in [0.717, 1.165) is 87.0 Å². The minimum absolute atomic E-state index is 0.0895. The molecule has 5 aromatic rings. The first-order chi connectivity index (χ1) is 28.9. The van der Waals surface area contributed by atoms with Crippen molar-refractivity contribution in [1.82, 2.24) is 20.0 Å². The lowest BCUT2D eigenvalue weighted by molar-refractivity contribution is 0.0724. The number of nitrogens with zero attached hydrogens (tertiary/aromatic N) is 3. The molecular weight excluding hydrogens is 729 g/mol. The van der Waals surface area contributed by atoms with Crippen molar-refractivity contribution in [3.8, 4) is 11.5 Å². The summed E-state index contributed by atoms with van der Waals surface area (Å²) in [5.74, 6) is 1.84. The molecule has 59 heavy (non-hydrogen) atoms. The van der Waals surface area contributed by atoms with Gasteiger partial charge in [0, 0.05) is 44.8 Å². The Hall–Kier alpha value is -4.95. The molecule has 0 aromatic heterocycles. The second-order valence-electron chi connectivity index (χ2n) is 14.9. The molecule has 7 heteroatoms. The van der Waals surface area contributed by atoms with E-state index in [0.29, 0.717) is 26.3 Å². The van der Waals surface area contributed by atoms with Crippen molar-refractivity contribution in [2.75, 3.05) is 52.4 Å². The smallest absolute Gasteiger partial charge is 0.254 e. The van der Waals surface area contributed by atoms with Crippen LogP contribution in [0.25, 0.3) is 0 Å². The average molecular weight is 799 g/mol. The van der Waals surface area contributed by atoms with E-state index < -0.39 is 0 Å². The molecule has 316 valence electrons. The minimum Gasteiger partial charge on any atom is -0.489 e. The summed E-state index contributed by atoms with van der Waals surface area (Å²) in [6.07, 6.45) is 4.74. The number of unbranched alkanes of at least 4 members (excludes halogenated alkanes) is 2. The zero-order chi connectivity index (χ0) is 41.9. The Labute approximate surface area is 356 Å². The number of aryl methyl sites for hydroxylation is 1. The second-order valence-corrected chi connectivity index (χ2v) is 14.9. The molecular formula is C52H70N4O3. The van der Waals surface area contributed by atoms with Gasteiger partial charge in [0.25, 0.3) is 5.91 Å². The van der Waals surface area contributed by atoms with Gasteiger partial charge in [0.05, 0.1) is 0 Å².